The van der Waals surface area contributed by atoms with Gasteiger partial charge < -0.3 is 29.3 Å². The number of thiophene rings is 1. The fourth-order valence-electron chi connectivity index (χ4n) is 4.33. The van der Waals surface area contributed by atoms with Crippen molar-refractivity contribution in [3.05, 3.63) is 57.8 Å². The highest BCUT2D eigenvalue weighted by atomic mass is 32.1. The van der Waals surface area contributed by atoms with Gasteiger partial charge >= 0.3 is 12.1 Å². The molecule has 1 aliphatic heterocycles. The van der Waals surface area contributed by atoms with Gasteiger partial charge in [-0.2, -0.15) is 0 Å². The molecule has 3 aromatic rings. The molecule has 0 saturated heterocycles. The van der Waals surface area contributed by atoms with Gasteiger partial charge in [0.2, 0.25) is 0 Å². The van der Waals surface area contributed by atoms with Crippen LogP contribution in [0.25, 0.3) is 11.1 Å². The maximum Gasteiger partial charge on any atom is 0.414 e. The second-order valence-corrected chi connectivity index (χ2v) is 11.0. The number of anilines is 2. The quantitative estimate of drug-likeness (QED) is 0.425. The number of ether oxygens (including phenoxy) is 3. The van der Waals surface area contributed by atoms with Crippen molar-refractivity contribution in [2.24, 2.45) is 0 Å². The summed E-state index contributed by atoms with van der Waals surface area (Å²) in [6.45, 7) is 5.48. The number of likely N-dealkylation sites (N-methyl/N-ethyl adjacent to an activating group) is 1. The highest BCUT2D eigenvalue weighted by molar-refractivity contribution is 7.13. The maximum absolute atomic E-state index is 13.2. The van der Waals surface area contributed by atoms with Gasteiger partial charge in [0.1, 0.15) is 28.5 Å². The molecule has 0 saturated carbocycles. The molecule has 1 N–H and O–H groups in total. The average molecular weight is 538 g/mol. The largest absolute Gasteiger partial charge is 0.496 e. The lowest BCUT2D eigenvalue weighted by molar-refractivity contribution is -0.121. The van der Waals surface area contributed by atoms with Gasteiger partial charge in [-0.05, 0) is 56.7 Å². The molecule has 2 amide bonds. The normalized spacial score (nSPS) is 13.9. The van der Waals surface area contributed by atoms with Crippen molar-refractivity contribution in [2.75, 3.05) is 38.5 Å². The first-order valence-electron chi connectivity index (χ1n) is 12.0. The van der Waals surface area contributed by atoms with Crippen LogP contribution in [0, 0.1) is 6.92 Å². The number of benzene rings is 2. The lowest BCUT2D eigenvalue weighted by atomic mass is 9.92. The van der Waals surface area contributed by atoms with Gasteiger partial charge in [0.05, 0.1) is 18.5 Å². The fraction of sp³-hybridized carbons (Fsp3) is 0.321. The monoisotopic (exact) mass is 537 g/mol. The van der Waals surface area contributed by atoms with Crippen LogP contribution in [-0.2, 0) is 16.1 Å². The lowest BCUT2D eigenvalue weighted by Crippen LogP contribution is -2.52. The van der Waals surface area contributed by atoms with Crippen LogP contribution in [0.5, 0.6) is 11.5 Å². The summed E-state index contributed by atoms with van der Waals surface area (Å²) >= 11 is 1.36. The Kier molecular flexibility index (Phi) is 7.37. The number of esters is 1. The predicted molar refractivity (Wildman–Crippen MR) is 147 cm³/mol. The first kappa shape index (κ1) is 27.0. The Hall–Kier alpha value is -4.05. The molecule has 0 bridgehead atoms. The van der Waals surface area contributed by atoms with Crippen LogP contribution in [0.15, 0.2) is 42.5 Å². The van der Waals surface area contributed by atoms with E-state index in [1.165, 1.54) is 23.3 Å². The Bertz CT molecular complexity index is 1410. The van der Waals surface area contributed by atoms with Gasteiger partial charge in [0.15, 0.2) is 0 Å². The van der Waals surface area contributed by atoms with Crippen molar-refractivity contribution in [1.82, 2.24) is 4.90 Å². The van der Waals surface area contributed by atoms with E-state index in [0.717, 1.165) is 10.6 Å². The van der Waals surface area contributed by atoms with E-state index in [-0.39, 0.29) is 12.5 Å². The number of rotatable bonds is 6. The summed E-state index contributed by atoms with van der Waals surface area (Å²) in [4.78, 5) is 42.5. The molecule has 0 fully saturated rings. The number of hydrogen-bond donors (Lipinski definition) is 1. The number of fused-ring (bicyclic) bond motifs is 1. The number of aryl methyl sites for hydroxylation is 1. The Morgan fingerprint density at radius 2 is 1.79 bits per heavy atom. The number of methoxy groups -OCH3 is 1. The topological polar surface area (TPSA) is 97.4 Å². The smallest absolute Gasteiger partial charge is 0.414 e. The summed E-state index contributed by atoms with van der Waals surface area (Å²) in [5.74, 6) is 0.205. The van der Waals surface area contributed by atoms with Crippen molar-refractivity contribution >= 4 is 40.7 Å². The first-order chi connectivity index (χ1) is 17.9. The van der Waals surface area contributed by atoms with Crippen LogP contribution >= 0.6 is 11.3 Å². The zero-order valence-corrected chi connectivity index (χ0v) is 23.3. The lowest BCUT2D eigenvalue weighted by Gasteiger charge is -2.39. The van der Waals surface area contributed by atoms with Crippen LogP contribution in [-0.4, -0.2) is 56.7 Å². The third kappa shape index (κ3) is 5.17. The molecular formula is C28H31N3O6S. The molecule has 10 heteroatoms. The van der Waals surface area contributed by atoms with E-state index in [9.17, 15) is 14.4 Å². The summed E-state index contributed by atoms with van der Waals surface area (Å²) < 4.78 is 16.8. The second-order valence-electron chi connectivity index (χ2n) is 9.71. The average Bonchev–Trinajstić information content (AvgIpc) is 3.31. The molecule has 2 heterocycles. The van der Waals surface area contributed by atoms with Crippen LogP contribution in [0.4, 0.5) is 16.2 Å². The molecule has 200 valence electrons. The number of carbonyl (C=O) groups excluding carboxylic acids is 3. The molecule has 0 aliphatic carbocycles. The number of amides is 2. The molecular weight excluding hydrogens is 506 g/mol. The molecule has 4 rings (SSSR count). The van der Waals surface area contributed by atoms with E-state index < -0.39 is 17.6 Å². The highest BCUT2D eigenvalue weighted by Gasteiger charge is 2.39. The van der Waals surface area contributed by atoms with Crippen molar-refractivity contribution in [2.45, 2.75) is 32.9 Å². The zero-order valence-electron chi connectivity index (χ0n) is 22.5. The van der Waals surface area contributed by atoms with Crippen molar-refractivity contribution in [1.29, 1.82) is 0 Å². The third-order valence-electron chi connectivity index (χ3n) is 6.23. The van der Waals surface area contributed by atoms with Gasteiger partial charge in [-0.15, -0.1) is 11.3 Å². The predicted octanol–water partition coefficient (Wildman–Crippen LogP) is 5.32. The van der Waals surface area contributed by atoms with Gasteiger partial charge in [0.25, 0.3) is 5.91 Å². The van der Waals surface area contributed by atoms with E-state index in [0.29, 0.717) is 38.8 Å². The van der Waals surface area contributed by atoms with Crippen LogP contribution in [0.2, 0.25) is 0 Å². The van der Waals surface area contributed by atoms with Crippen molar-refractivity contribution in [3.8, 4) is 22.6 Å². The summed E-state index contributed by atoms with van der Waals surface area (Å²) in [5.41, 5.74) is 2.59. The van der Waals surface area contributed by atoms with Gasteiger partial charge in [-0.3, -0.25) is 4.79 Å². The molecule has 38 heavy (non-hydrogen) atoms. The van der Waals surface area contributed by atoms with Crippen LogP contribution < -0.4 is 19.7 Å². The van der Waals surface area contributed by atoms with Crippen molar-refractivity contribution in [3.63, 3.8) is 0 Å². The Balaban J connectivity index is 1.80. The number of hydrogen-bond acceptors (Lipinski definition) is 8. The van der Waals surface area contributed by atoms with E-state index >= 15 is 0 Å². The third-order valence-corrected chi connectivity index (χ3v) is 7.21. The minimum Gasteiger partial charge on any atom is -0.496 e. The number of nitrogens with zero attached hydrogens (tertiary/aromatic N) is 2. The van der Waals surface area contributed by atoms with E-state index in [2.05, 4.69) is 5.32 Å². The molecule has 0 atom stereocenters. The molecule has 2 aromatic carbocycles. The van der Waals surface area contributed by atoms with Crippen molar-refractivity contribution < 1.29 is 28.6 Å². The van der Waals surface area contributed by atoms with E-state index in [1.807, 2.05) is 39.0 Å². The van der Waals surface area contributed by atoms with Gasteiger partial charge in [-0.25, -0.2) is 9.59 Å². The Morgan fingerprint density at radius 3 is 2.42 bits per heavy atom. The second kappa shape index (κ2) is 10.4. The van der Waals surface area contributed by atoms with E-state index in [1.54, 1.807) is 50.3 Å². The van der Waals surface area contributed by atoms with Gasteiger partial charge in [0, 0.05) is 43.2 Å². The standard InChI is InChI=1S/C28H31N3O6S/c1-16-8-13-23(38-16)25(32)36-15-20-18(11-12-21-24(20)31(6)26(33)28(2,3)29-21)19-10-9-17(14-22(19)35-7)37-27(34)30(4)5/h8-14,29H,15H2,1-7H3. The first-order valence-corrected chi connectivity index (χ1v) is 12.8. The maximum atomic E-state index is 13.2. The molecule has 9 nitrogen and oxygen atoms in total. The SMILES string of the molecule is COc1cc(OC(=O)N(C)C)ccc1-c1ccc2c(c1COC(=O)c1ccc(C)s1)N(C)C(=O)C(C)(C)N2. The summed E-state index contributed by atoms with van der Waals surface area (Å²) in [7, 11) is 6.42. The summed E-state index contributed by atoms with van der Waals surface area (Å²) in [6, 6.07) is 12.5. The van der Waals surface area contributed by atoms with Crippen LogP contribution in [0.1, 0.15) is 34.0 Å². The minimum absolute atomic E-state index is 0.0749. The Morgan fingerprint density at radius 1 is 1.08 bits per heavy atom. The summed E-state index contributed by atoms with van der Waals surface area (Å²) in [5, 5.41) is 3.31. The molecule has 1 aromatic heterocycles. The molecule has 0 spiro atoms. The summed E-state index contributed by atoms with van der Waals surface area (Å²) in [6.07, 6.45) is -0.515. The van der Waals surface area contributed by atoms with Crippen LogP contribution in [0.3, 0.4) is 0 Å². The minimum atomic E-state index is -0.804. The molecule has 0 unspecified atom stereocenters. The zero-order chi connectivity index (χ0) is 27.8. The Labute approximate surface area is 225 Å². The van der Waals surface area contributed by atoms with E-state index in [4.69, 9.17) is 14.2 Å². The van der Waals surface area contributed by atoms with Gasteiger partial charge in [-0.1, -0.05) is 6.07 Å². The molecule has 0 radical (unpaired) electrons. The number of carbonyl (C=O) groups is 3. The fourth-order valence-corrected chi connectivity index (χ4v) is 5.09. The number of nitrogens with one attached hydrogen (secondary N) is 1. The molecule has 1 aliphatic rings. The highest BCUT2D eigenvalue weighted by Crippen LogP contribution is 2.45.